The van der Waals surface area contributed by atoms with Crippen molar-refractivity contribution in [3.05, 3.63) is 15.6 Å². The molecule has 1 aromatic rings. The van der Waals surface area contributed by atoms with Crippen molar-refractivity contribution in [3.8, 4) is 0 Å². The van der Waals surface area contributed by atoms with Gasteiger partial charge in [0.15, 0.2) is 0 Å². The molecule has 0 aliphatic carbocycles. The predicted octanol–water partition coefficient (Wildman–Crippen LogP) is 4.63. The van der Waals surface area contributed by atoms with Crippen LogP contribution < -0.4 is 5.32 Å². The SMILES string of the molecule is CCCNC(CCC(C)(C)C)c1sc(C)nc1C. The molecule has 3 heteroatoms. The van der Waals surface area contributed by atoms with E-state index in [4.69, 9.17) is 0 Å². The van der Waals surface area contributed by atoms with Crippen LogP contribution in [0.4, 0.5) is 0 Å². The lowest BCUT2D eigenvalue weighted by atomic mass is 9.88. The van der Waals surface area contributed by atoms with Crippen LogP contribution in [0.15, 0.2) is 0 Å². The van der Waals surface area contributed by atoms with Crippen molar-refractivity contribution in [2.75, 3.05) is 6.54 Å². The van der Waals surface area contributed by atoms with E-state index in [-0.39, 0.29) is 0 Å². The summed E-state index contributed by atoms with van der Waals surface area (Å²) in [5.74, 6) is 0. The van der Waals surface area contributed by atoms with Crippen LogP contribution in [0.1, 0.15) is 68.6 Å². The Balaban J connectivity index is 2.74. The Hall–Kier alpha value is -0.410. The number of aromatic nitrogens is 1. The second-order valence-electron chi connectivity index (χ2n) is 6.29. The molecule has 0 amide bonds. The zero-order chi connectivity index (χ0) is 13.8. The minimum Gasteiger partial charge on any atom is -0.309 e. The molecular formula is C15H28N2S. The van der Waals surface area contributed by atoms with E-state index in [2.05, 4.69) is 51.8 Å². The molecule has 0 aliphatic rings. The van der Waals surface area contributed by atoms with Gasteiger partial charge in [0.2, 0.25) is 0 Å². The van der Waals surface area contributed by atoms with Crippen LogP contribution >= 0.6 is 11.3 Å². The first-order valence-electron chi connectivity index (χ1n) is 7.01. The number of nitrogens with one attached hydrogen (secondary N) is 1. The van der Waals surface area contributed by atoms with Crippen LogP contribution in [0.5, 0.6) is 0 Å². The molecule has 1 heterocycles. The second-order valence-corrected chi connectivity index (χ2v) is 7.52. The van der Waals surface area contributed by atoms with E-state index >= 15 is 0 Å². The predicted molar refractivity (Wildman–Crippen MR) is 81.3 cm³/mol. The summed E-state index contributed by atoms with van der Waals surface area (Å²) in [6.07, 6.45) is 3.62. The summed E-state index contributed by atoms with van der Waals surface area (Å²) in [6.45, 7) is 14.5. The number of nitrogens with zero attached hydrogens (tertiary/aromatic N) is 1. The Kier molecular flexibility index (Phi) is 5.80. The number of rotatable bonds is 6. The van der Waals surface area contributed by atoms with Crippen molar-refractivity contribution in [2.45, 2.75) is 66.8 Å². The maximum atomic E-state index is 4.56. The zero-order valence-electron chi connectivity index (χ0n) is 12.8. The third kappa shape index (κ3) is 5.07. The van der Waals surface area contributed by atoms with E-state index in [1.54, 1.807) is 0 Å². The average molecular weight is 268 g/mol. The molecule has 0 spiro atoms. The standard InChI is InChI=1S/C15H28N2S/c1-7-10-16-13(8-9-15(4,5)6)14-11(2)17-12(3)18-14/h13,16H,7-10H2,1-6H3. The van der Waals surface area contributed by atoms with E-state index in [9.17, 15) is 0 Å². The Morgan fingerprint density at radius 3 is 2.39 bits per heavy atom. The first-order chi connectivity index (χ1) is 8.33. The van der Waals surface area contributed by atoms with E-state index < -0.39 is 0 Å². The van der Waals surface area contributed by atoms with Gasteiger partial charge in [-0.1, -0.05) is 27.7 Å². The lowest BCUT2D eigenvalue weighted by molar-refractivity contribution is 0.333. The van der Waals surface area contributed by atoms with Crippen molar-refractivity contribution in [3.63, 3.8) is 0 Å². The molecular weight excluding hydrogens is 240 g/mol. The van der Waals surface area contributed by atoms with Crippen molar-refractivity contribution < 1.29 is 0 Å². The first kappa shape index (κ1) is 15.6. The summed E-state index contributed by atoms with van der Waals surface area (Å²) in [4.78, 5) is 6.00. The Morgan fingerprint density at radius 2 is 1.94 bits per heavy atom. The molecule has 2 nitrogen and oxygen atoms in total. The topological polar surface area (TPSA) is 24.9 Å². The second kappa shape index (κ2) is 6.67. The smallest absolute Gasteiger partial charge is 0.0900 e. The van der Waals surface area contributed by atoms with E-state index in [1.165, 1.54) is 34.8 Å². The molecule has 0 aromatic carbocycles. The van der Waals surface area contributed by atoms with Gasteiger partial charge in [0.25, 0.3) is 0 Å². The highest BCUT2D eigenvalue weighted by Gasteiger charge is 2.20. The fourth-order valence-electron chi connectivity index (χ4n) is 2.09. The maximum absolute atomic E-state index is 4.56. The van der Waals surface area contributed by atoms with Crippen molar-refractivity contribution in [1.82, 2.24) is 10.3 Å². The summed E-state index contributed by atoms with van der Waals surface area (Å²) in [7, 11) is 0. The molecule has 0 fully saturated rings. The fraction of sp³-hybridized carbons (Fsp3) is 0.800. The molecule has 1 unspecified atom stereocenters. The monoisotopic (exact) mass is 268 g/mol. The van der Waals surface area contributed by atoms with Gasteiger partial charge in [-0.05, 0) is 45.1 Å². The highest BCUT2D eigenvalue weighted by Crippen LogP contribution is 2.31. The number of hydrogen-bond acceptors (Lipinski definition) is 3. The minimum absolute atomic E-state index is 0.403. The molecule has 1 atom stereocenters. The molecule has 18 heavy (non-hydrogen) atoms. The summed E-state index contributed by atoms with van der Waals surface area (Å²) < 4.78 is 0. The molecule has 1 aromatic heterocycles. The zero-order valence-corrected chi connectivity index (χ0v) is 13.6. The van der Waals surface area contributed by atoms with Gasteiger partial charge in [-0.3, -0.25) is 0 Å². The molecule has 1 rings (SSSR count). The summed E-state index contributed by atoms with van der Waals surface area (Å²) in [5, 5.41) is 4.86. The lowest BCUT2D eigenvalue weighted by Gasteiger charge is -2.23. The molecule has 0 saturated heterocycles. The molecule has 0 bridgehead atoms. The third-order valence-electron chi connectivity index (χ3n) is 3.08. The quantitative estimate of drug-likeness (QED) is 0.814. The molecule has 0 saturated carbocycles. The number of thiazole rings is 1. The van der Waals surface area contributed by atoms with E-state index in [0.717, 1.165) is 6.54 Å². The van der Waals surface area contributed by atoms with Crippen LogP contribution in [-0.2, 0) is 0 Å². The van der Waals surface area contributed by atoms with Gasteiger partial charge >= 0.3 is 0 Å². The van der Waals surface area contributed by atoms with Gasteiger partial charge in [-0.15, -0.1) is 11.3 Å². The Bertz CT molecular complexity index is 363. The van der Waals surface area contributed by atoms with Crippen LogP contribution in [0.25, 0.3) is 0 Å². The Morgan fingerprint density at radius 1 is 1.28 bits per heavy atom. The highest BCUT2D eigenvalue weighted by atomic mass is 32.1. The molecule has 1 N–H and O–H groups in total. The van der Waals surface area contributed by atoms with Crippen LogP contribution in [0.3, 0.4) is 0 Å². The Labute approximate surface area is 116 Å². The minimum atomic E-state index is 0.403. The van der Waals surface area contributed by atoms with Crippen molar-refractivity contribution >= 4 is 11.3 Å². The van der Waals surface area contributed by atoms with Crippen molar-refractivity contribution in [2.24, 2.45) is 5.41 Å². The van der Waals surface area contributed by atoms with Gasteiger partial charge in [0.05, 0.1) is 10.7 Å². The van der Waals surface area contributed by atoms with Crippen LogP contribution in [0, 0.1) is 19.3 Å². The maximum Gasteiger partial charge on any atom is 0.0900 e. The normalized spacial score (nSPS) is 13.9. The summed E-state index contributed by atoms with van der Waals surface area (Å²) >= 11 is 1.85. The molecule has 0 radical (unpaired) electrons. The van der Waals surface area contributed by atoms with Gasteiger partial charge in [-0.25, -0.2) is 4.98 Å². The molecule has 0 aliphatic heterocycles. The van der Waals surface area contributed by atoms with E-state index in [0.29, 0.717) is 11.5 Å². The van der Waals surface area contributed by atoms with Gasteiger partial charge in [0, 0.05) is 10.9 Å². The number of aryl methyl sites for hydroxylation is 2. The van der Waals surface area contributed by atoms with Crippen LogP contribution in [0.2, 0.25) is 0 Å². The fourth-order valence-corrected chi connectivity index (χ4v) is 3.13. The lowest BCUT2D eigenvalue weighted by Crippen LogP contribution is -2.23. The van der Waals surface area contributed by atoms with Crippen molar-refractivity contribution in [1.29, 1.82) is 0 Å². The highest BCUT2D eigenvalue weighted by molar-refractivity contribution is 7.11. The summed E-state index contributed by atoms with van der Waals surface area (Å²) in [5.41, 5.74) is 1.61. The number of hydrogen-bond donors (Lipinski definition) is 1. The van der Waals surface area contributed by atoms with Crippen LogP contribution in [-0.4, -0.2) is 11.5 Å². The van der Waals surface area contributed by atoms with Gasteiger partial charge in [-0.2, -0.15) is 0 Å². The summed E-state index contributed by atoms with van der Waals surface area (Å²) in [6, 6.07) is 0.482. The average Bonchev–Trinajstić information content (AvgIpc) is 2.57. The van der Waals surface area contributed by atoms with Gasteiger partial charge in [0.1, 0.15) is 0 Å². The third-order valence-corrected chi connectivity index (χ3v) is 4.27. The molecule has 104 valence electrons. The van der Waals surface area contributed by atoms with E-state index in [1.807, 2.05) is 11.3 Å². The van der Waals surface area contributed by atoms with Gasteiger partial charge < -0.3 is 5.32 Å². The largest absolute Gasteiger partial charge is 0.309 e. The first-order valence-corrected chi connectivity index (χ1v) is 7.82.